The van der Waals surface area contributed by atoms with Crippen LogP contribution in [-0.4, -0.2) is 23.9 Å². The standard InChI is InChI=1S/C15H22N4O3/c1-4-9(2)13(19-15(16)22)14(21)18-12-7-5-11(6-8-12)17-10(3)20/h5-9,13H,4H2,1-3H3,(H,17,20)(H,18,21)(H3,16,19,22)/t9-,13+/m0/s1. The highest BCUT2D eigenvalue weighted by atomic mass is 16.2. The number of nitrogens with two attached hydrogens (primary N) is 1. The molecule has 1 aromatic rings. The molecule has 120 valence electrons. The zero-order valence-electron chi connectivity index (χ0n) is 13.0. The van der Waals surface area contributed by atoms with Gasteiger partial charge >= 0.3 is 6.03 Å². The summed E-state index contributed by atoms with van der Waals surface area (Å²) in [5.74, 6) is -0.550. The molecule has 22 heavy (non-hydrogen) atoms. The van der Waals surface area contributed by atoms with E-state index in [1.807, 2.05) is 13.8 Å². The first-order valence-corrected chi connectivity index (χ1v) is 7.08. The predicted molar refractivity (Wildman–Crippen MR) is 85.3 cm³/mol. The van der Waals surface area contributed by atoms with E-state index in [1.54, 1.807) is 24.3 Å². The Morgan fingerprint density at radius 2 is 1.59 bits per heavy atom. The smallest absolute Gasteiger partial charge is 0.312 e. The minimum Gasteiger partial charge on any atom is -0.352 e. The van der Waals surface area contributed by atoms with E-state index in [0.29, 0.717) is 11.4 Å². The van der Waals surface area contributed by atoms with Crippen LogP contribution < -0.4 is 21.7 Å². The lowest BCUT2D eigenvalue weighted by molar-refractivity contribution is -0.119. The molecule has 0 fully saturated rings. The molecule has 0 aliphatic heterocycles. The number of hydrogen-bond acceptors (Lipinski definition) is 3. The van der Waals surface area contributed by atoms with Gasteiger partial charge in [0, 0.05) is 18.3 Å². The van der Waals surface area contributed by atoms with Gasteiger partial charge in [0.05, 0.1) is 0 Å². The largest absolute Gasteiger partial charge is 0.352 e. The lowest BCUT2D eigenvalue weighted by Gasteiger charge is -2.22. The van der Waals surface area contributed by atoms with Gasteiger partial charge in [-0.05, 0) is 30.2 Å². The highest BCUT2D eigenvalue weighted by Crippen LogP contribution is 2.15. The number of rotatable bonds is 6. The summed E-state index contributed by atoms with van der Waals surface area (Å²) in [6.07, 6.45) is 0.722. The van der Waals surface area contributed by atoms with Crippen molar-refractivity contribution in [3.05, 3.63) is 24.3 Å². The van der Waals surface area contributed by atoms with Gasteiger partial charge in [0.1, 0.15) is 6.04 Å². The number of carbonyl (C=O) groups is 3. The van der Waals surface area contributed by atoms with Crippen LogP contribution >= 0.6 is 0 Å². The zero-order chi connectivity index (χ0) is 16.7. The molecule has 2 atom stereocenters. The summed E-state index contributed by atoms with van der Waals surface area (Å²) in [7, 11) is 0. The summed E-state index contributed by atoms with van der Waals surface area (Å²) >= 11 is 0. The molecule has 0 aliphatic carbocycles. The van der Waals surface area contributed by atoms with E-state index in [9.17, 15) is 14.4 Å². The summed E-state index contributed by atoms with van der Waals surface area (Å²) in [6, 6.07) is 5.26. The molecule has 4 amide bonds. The lowest BCUT2D eigenvalue weighted by Crippen LogP contribution is -2.49. The second kappa shape index (κ2) is 8.02. The van der Waals surface area contributed by atoms with Crippen LogP contribution in [0, 0.1) is 5.92 Å². The minimum atomic E-state index is -0.735. The van der Waals surface area contributed by atoms with Crippen molar-refractivity contribution in [2.45, 2.75) is 33.2 Å². The molecule has 0 aromatic heterocycles. The van der Waals surface area contributed by atoms with Gasteiger partial charge in [-0.25, -0.2) is 4.79 Å². The van der Waals surface area contributed by atoms with Crippen molar-refractivity contribution in [1.29, 1.82) is 0 Å². The van der Waals surface area contributed by atoms with Crippen molar-refractivity contribution >= 4 is 29.2 Å². The first-order valence-electron chi connectivity index (χ1n) is 7.08. The number of anilines is 2. The average molecular weight is 306 g/mol. The summed E-state index contributed by atoms with van der Waals surface area (Å²) in [4.78, 5) is 34.2. The van der Waals surface area contributed by atoms with Crippen molar-refractivity contribution in [3.8, 4) is 0 Å². The Labute approximate surface area is 129 Å². The van der Waals surface area contributed by atoms with Gasteiger partial charge in [0.15, 0.2) is 0 Å². The molecule has 5 N–H and O–H groups in total. The number of urea groups is 1. The van der Waals surface area contributed by atoms with E-state index < -0.39 is 12.1 Å². The minimum absolute atomic E-state index is 0.0499. The molecule has 7 nitrogen and oxygen atoms in total. The normalized spacial score (nSPS) is 12.9. The maximum Gasteiger partial charge on any atom is 0.312 e. The van der Waals surface area contributed by atoms with E-state index in [-0.39, 0.29) is 17.7 Å². The third-order valence-corrected chi connectivity index (χ3v) is 3.27. The summed E-state index contributed by atoms with van der Waals surface area (Å²) in [5.41, 5.74) is 6.32. The van der Waals surface area contributed by atoms with Gasteiger partial charge in [-0.3, -0.25) is 9.59 Å². The molecule has 0 spiro atoms. The van der Waals surface area contributed by atoms with Gasteiger partial charge in [-0.15, -0.1) is 0 Å². The number of benzene rings is 1. The van der Waals surface area contributed by atoms with E-state index in [4.69, 9.17) is 5.73 Å². The van der Waals surface area contributed by atoms with Crippen LogP contribution in [0.2, 0.25) is 0 Å². The highest BCUT2D eigenvalue weighted by Gasteiger charge is 2.25. The molecule has 0 unspecified atom stereocenters. The maximum atomic E-state index is 12.3. The van der Waals surface area contributed by atoms with Crippen LogP contribution in [0.3, 0.4) is 0 Å². The van der Waals surface area contributed by atoms with E-state index >= 15 is 0 Å². The third kappa shape index (κ3) is 5.43. The van der Waals surface area contributed by atoms with Crippen LogP contribution in [0.25, 0.3) is 0 Å². The Bertz CT molecular complexity index is 542. The quantitative estimate of drug-likeness (QED) is 0.641. The number of carbonyl (C=O) groups excluding carboxylic acids is 3. The number of amides is 4. The fourth-order valence-corrected chi connectivity index (χ4v) is 1.92. The molecule has 0 radical (unpaired) electrons. The molecular formula is C15H22N4O3. The summed E-state index contributed by atoms with van der Waals surface area (Å²) < 4.78 is 0. The van der Waals surface area contributed by atoms with Crippen LogP contribution in [0.5, 0.6) is 0 Å². The SMILES string of the molecule is CC[C@H](C)[C@@H](NC(N)=O)C(=O)Nc1ccc(NC(C)=O)cc1. The number of primary amides is 1. The van der Waals surface area contributed by atoms with Crippen LogP contribution in [0.15, 0.2) is 24.3 Å². The molecule has 0 heterocycles. The molecule has 0 aliphatic rings. The monoisotopic (exact) mass is 306 g/mol. The van der Waals surface area contributed by atoms with Crippen molar-refractivity contribution < 1.29 is 14.4 Å². The second-order valence-corrected chi connectivity index (χ2v) is 5.12. The van der Waals surface area contributed by atoms with Crippen LogP contribution in [-0.2, 0) is 9.59 Å². The van der Waals surface area contributed by atoms with Gasteiger partial charge in [0.25, 0.3) is 0 Å². The average Bonchev–Trinajstić information content (AvgIpc) is 2.45. The number of hydrogen-bond donors (Lipinski definition) is 4. The Balaban J connectivity index is 2.76. The summed E-state index contributed by atoms with van der Waals surface area (Å²) in [5, 5.41) is 7.82. The van der Waals surface area contributed by atoms with Gasteiger partial charge in [-0.2, -0.15) is 0 Å². The maximum absolute atomic E-state index is 12.3. The molecular weight excluding hydrogens is 284 g/mol. The van der Waals surface area contributed by atoms with Crippen molar-refractivity contribution in [3.63, 3.8) is 0 Å². The molecule has 0 bridgehead atoms. The highest BCUT2D eigenvalue weighted by molar-refractivity contribution is 5.97. The van der Waals surface area contributed by atoms with Crippen molar-refractivity contribution in [1.82, 2.24) is 5.32 Å². The Morgan fingerprint density at radius 3 is 2.00 bits per heavy atom. The first-order chi connectivity index (χ1) is 10.3. The van der Waals surface area contributed by atoms with Gasteiger partial charge < -0.3 is 21.7 Å². The lowest BCUT2D eigenvalue weighted by atomic mass is 9.98. The number of nitrogens with one attached hydrogen (secondary N) is 3. The Kier molecular flexibility index (Phi) is 6.37. The molecule has 7 heteroatoms. The first kappa shape index (κ1) is 17.5. The van der Waals surface area contributed by atoms with Crippen molar-refractivity contribution in [2.75, 3.05) is 10.6 Å². The van der Waals surface area contributed by atoms with Crippen LogP contribution in [0.4, 0.5) is 16.2 Å². The van der Waals surface area contributed by atoms with E-state index in [0.717, 1.165) is 6.42 Å². The fraction of sp³-hybridized carbons (Fsp3) is 0.400. The zero-order valence-corrected chi connectivity index (χ0v) is 13.0. The van der Waals surface area contributed by atoms with E-state index in [1.165, 1.54) is 6.92 Å². The molecule has 0 saturated carbocycles. The predicted octanol–water partition coefficient (Wildman–Crippen LogP) is 1.67. The van der Waals surface area contributed by atoms with E-state index in [2.05, 4.69) is 16.0 Å². The van der Waals surface area contributed by atoms with Crippen LogP contribution in [0.1, 0.15) is 27.2 Å². The second-order valence-electron chi connectivity index (χ2n) is 5.12. The van der Waals surface area contributed by atoms with Gasteiger partial charge in [-0.1, -0.05) is 20.3 Å². The third-order valence-electron chi connectivity index (χ3n) is 3.27. The molecule has 0 saturated heterocycles. The summed E-state index contributed by atoms with van der Waals surface area (Å²) in [6.45, 7) is 5.21. The Hall–Kier alpha value is -2.57. The van der Waals surface area contributed by atoms with Crippen molar-refractivity contribution in [2.24, 2.45) is 11.7 Å². The molecule has 1 aromatic carbocycles. The topological polar surface area (TPSA) is 113 Å². The molecule has 1 rings (SSSR count). The fourth-order valence-electron chi connectivity index (χ4n) is 1.92. The Morgan fingerprint density at radius 1 is 1.09 bits per heavy atom. The van der Waals surface area contributed by atoms with Gasteiger partial charge in [0.2, 0.25) is 11.8 Å².